The molecule has 2 heterocycles. The molecule has 1 aliphatic carbocycles. The topological polar surface area (TPSA) is 50.8 Å². The van der Waals surface area contributed by atoms with Crippen molar-refractivity contribution in [1.29, 1.82) is 0 Å². The molecule has 0 bridgehead atoms. The Morgan fingerprint density at radius 1 is 1.30 bits per heavy atom. The van der Waals surface area contributed by atoms with Crippen molar-refractivity contribution in [3.05, 3.63) is 29.3 Å². The Morgan fingerprint density at radius 2 is 2.07 bits per heavy atom. The minimum absolute atomic E-state index is 0.0267. The number of rotatable bonds is 3. The van der Waals surface area contributed by atoms with E-state index in [0.717, 1.165) is 32.4 Å². The van der Waals surface area contributed by atoms with Crippen molar-refractivity contribution in [3.8, 4) is 0 Å². The molecule has 2 fully saturated rings. The van der Waals surface area contributed by atoms with Crippen LogP contribution in [-0.4, -0.2) is 49.3 Å². The number of carbonyl (C=O) groups is 1. The lowest BCUT2D eigenvalue weighted by atomic mass is 9.72. The Labute approximate surface area is 162 Å². The second kappa shape index (κ2) is 6.61. The van der Waals surface area contributed by atoms with Crippen LogP contribution in [0.15, 0.2) is 18.2 Å². The molecular weight excluding hydrogens is 339 g/mol. The predicted molar refractivity (Wildman–Crippen MR) is 107 cm³/mol. The number of nitrogens with one attached hydrogen (secondary N) is 1. The second-order valence-corrected chi connectivity index (χ2v) is 9.29. The Hall–Kier alpha value is -1.37. The van der Waals surface area contributed by atoms with Crippen molar-refractivity contribution in [2.24, 2.45) is 5.92 Å². The van der Waals surface area contributed by atoms with Crippen LogP contribution < -0.4 is 10.7 Å². The van der Waals surface area contributed by atoms with Gasteiger partial charge in [0.15, 0.2) is 0 Å². The van der Waals surface area contributed by atoms with Gasteiger partial charge in [-0.25, -0.2) is 0 Å². The SMILES string of the molecule is COC(=O)C1CCN(C2CCc3cc(B4NC(C)(C)C(C)(C)O4)ccc32)C1. The molecule has 2 atom stereocenters. The monoisotopic (exact) mass is 370 g/mol. The number of hydrogen-bond acceptors (Lipinski definition) is 5. The van der Waals surface area contributed by atoms with E-state index in [1.807, 2.05) is 0 Å². The zero-order valence-corrected chi connectivity index (χ0v) is 17.2. The van der Waals surface area contributed by atoms with Crippen molar-refractivity contribution in [3.63, 3.8) is 0 Å². The summed E-state index contributed by atoms with van der Waals surface area (Å²) >= 11 is 0. The van der Waals surface area contributed by atoms with Gasteiger partial charge < -0.3 is 14.6 Å². The molecule has 0 spiro atoms. The van der Waals surface area contributed by atoms with E-state index < -0.39 is 0 Å². The summed E-state index contributed by atoms with van der Waals surface area (Å²) in [5.41, 5.74) is 3.77. The van der Waals surface area contributed by atoms with Gasteiger partial charge in [0.25, 0.3) is 0 Å². The van der Waals surface area contributed by atoms with Gasteiger partial charge in [0.1, 0.15) is 0 Å². The summed E-state index contributed by atoms with van der Waals surface area (Å²) in [5.74, 6) is -0.0420. The zero-order chi connectivity index (χ0) is 19.4. The molecule has 1 aromatic rings. The fourth-order valence-corrected chi connectivity index (χ4v) is 4.71. The molecule has 2 aliphatic heterocycles. The molecule has 0 radical (unpaired) electrons. The lowest BCUT2D eigenvalue weighted by Gasteiger charge is -2.33. The van der Waals surface area contributed by atoms with Gasteiger partial charge in [-0.05, 0) is 70.1 Å². The highest BCUT2D eigenvalue weighted by molar-refractivity contribution is 6.66. The molecule has 27 heavy (non-hydrogen) atoms. The first kappa shape index (κ1) is 19.0. The number of ether oxygens (including phenoxy) is 1. The van der Waals surface area contributed by atoms with Crippen molar-refractivity contribution >= 4 is 18.5 Å². The number of methoxy groups -OCH3 is 1. The molecule has 5 nitrogen and oxygen atoms in total. The molecule has 0 aromatic heterocycles. The highest BCUT2D eigenvalue weighted by Crippen LogP contribution is 2.38. The van der Waals surface area contributed by atoms with E-state index in [2.05, 4.69) is 56.0 Å². The summed E-state index contributed by atoms with van der Waals surface area (Å²) in [6.45, 7) is 10.5. The van der Waals surface area contributed by atoms with Crippen molar-refractivity contribution < 1.29 is 14.2 Å². The van der Waals surface area contributed by atoms with Crippen LogP contribution in [-0.2, 0) is 20.6 Å². The van der Waals surface area contributed by atoms with Gasteiger partial charge in [-0.3, -0.25) is 9.69 Å². The van der Waals surface area contributed by atoms with E-state index in [4.69, 9.17) is 9.39 Å². The smallest absolute Gasteiger partial charge is 0.416 e. The van der Waals surface area contributed by atoms with Crippen molar-refractivity contribution in [1.82, 2.24) is 10.1 Å². The van der Waals surface area contributed by atoms with Crippen molar-refractivity contribution in [2.45, 2.75) is 64.1 Å². The first-order valence-electron chi connectivity index (χ1n) is 10.1. The van der Waals surface area contributed by atoms with Gasteiger partial charge in [0.2, 0.25) is 0 Å². The number of aryl methyl sites for hydroxylation is 1. The second-order valence-electron chi connectivity index (χ2n) is 9.29. The number of hydrogen-bond donors (Lipinski definition) is 1. The standard InChI is InChI=1S/C21H31BN2O3/c1-20(2)21(3,4)27-22(23-20)16-7-8-17-14(12-16)6-9-18(17)24-11-10-15(13-24)19(25)26-5/h7-8,12,15,18,23H,6,9-11,13H2,1-5H3. The van der Waals surface area contributed by atoms with Crippen LogP contribution in [0.25, 0.3) is 0 Å². The number of carbonyl (C=O) groups excluding carboxylic acids is 1. The van der Waals surface area contributed by atoms with E-state index in [0.29, 0.717) is 6.04 Å². The third-order valence-corrected chi connectivity index (χ3v) is 7.12. The third kappa shape index (κ3) is 3.22. The maximum absolute atomic E-state index is 11.8. The van der Waals surface area contributed by atoms with Gasteiger partial charge in [-0.1, -0.05) is 18.2 Å². The molecule has 2 unspecified atom stereocenters. The molecule has 4 rings (SSSR count). The summed E-state index contributed by atoms with van der Waals surface area (Å²) in [6.07, 6.45) is 3.12. The van der Waals surface area contributed by atoms with E-state index >= 15 is 0 Å². The van der Waals surface area contributed by atoms with Gasteiger partial charge in [-0.2, -0.15) is 0 Å². The van der Waals surface area contributed by atoms with Gasteiger partial charge >= 0.3 is 13.0 Å². The summed E-state index contributed by atoms with van der Waals surface area (Å²) in [7, 11) is 1.42. The zero-order valence-electron chi connectivity index (χ0n) is 17.2. The lowest BCUT2D eigenvalue weighted by molar-refractivity contribution is -0.145. The molecular formula is C21H31BN2O3. The first-order valence-corrected chi connectivity index (χ1v) is 10.1. The van der Waals surface area contributed by atoms with Crippen LogP contribution in [0.2, 0.25) is 0 Å². The normalized spacial score (nSPS) is 29.1. The molecule has 3 aliphatic rings. The van der Waals surface area contributed by atoms with Gasteiger partial charge in [0, 0.05) is 18.1 Å². The van der Waals surface area contributed by atoms with E-state index in [1.165, 1.54) is 23.7 Å². The number of nitrogens with zero attached hydrogens (tertiary/aromatic N) is 1. The number of likely N-dealkylation sites (tertiary alicyclic amines) is 1. The van der Waals surface area contributed by atoms with Crippen LogP contribution in [0.4, 0.5) is 0 Å². The molecule has 1 N–H and O–H groups in total. The van der Waals surface area contributed by atoms with Crippen LogP contribution in [0.1, 0.15) is 57.7 Å². The first-order chi connectivity index (χ1) is 12.7. The van der Waals surface area contributed by atoms with Crippen LogP contribution in [0.3, 0.4) is 0 Å². The molecule has 1 aromatic carbocycles. The fraction of sp³-hybridized carbons (Fsp3) is 0.667. The molecule has 2 saturated heterocycles. The lowest BCUT2D eigenvalue weighted by Crippen LogP contribution is -2.51. The van der Waals surface area contributed by atoms with E-state index in [1.54, 1.807) is 0 Å². The van der Waals surface area contributed by atoms with Crippen molar-refractivity contribution in [2.75, 3.05) is 20.2 Å². The largest absolute Gasteiger partial charge is 0.469 e. The molecule has 146 valence electrons. The Bertz CT molecular complexity index is 733. The Morgan fingerprint density at radius 3 is 2.74 bits per heavy atom. The van der Waals surface area contributed by atoms with E-state index in [-0.39, 0.29) is 30.1 Å². The number of esters is 1. The summed E-state index contributed by atoms with van der Waals surface area (Å²) in [6, 6.07) is 7.23. The van der Waals surface area contributed by atoms with Crippen LogP contribution in [0.5, 0.6) is 0 Å². The molecule has 6 heteroatoms. The van der Waals surface area contributed by atoms with Crippen LogP contribution >= 0.6 is 0 Å². The summed E-state index contributed by atoms with van der Waals surface area (Å²) in [4.78, 5) is 14.3. The quantitative estimate of drug-likeness (QED) is 0.652. The maximum Gasteiger partial charge on any atom is 0.416 e. The van der Waals surface area contributed by atoms with Gasteiger partial charge in [-0.15, -0.1) is 0 Å². The third-order valence-electron chi connectivity index (χ3n) is 7.12. The van der Waals surface area contributed by atoms with Gasteiger partial charge in [0.05, 0.1) is 18.6 Å². The highest BCUT2D eigenvalue weighted by atomic mass is 16.5. The predicted octanol–water partition coefficient (Wildman–Crippen LogP) is 2.04. The minimum atomic E-state index is -0.211. The minimum Gasteiger partial charge on any atom is -0.469 e. The average Bonchev–Trinajstić information content (AvgIpc) is 3.30. The van der Waals surface area contributed by atoms with E-state index in [9.17, 15) is 4.79 Å². The fourth-order valence-electron chi connectivity index (χ4n) is 4.71. The maximum atomic E-state index is 11.8. The Kier molecular flexibility index (Phi) is 4.64. The highest BCUT2D eigenvalue weighted by Gasteiger charge is 2.50. The Balaban J connectivity index is 1.50. The molecule has 0 saturated carbocycles. The number of fused-ring (bicyclic) bond motifs is 1. The van der Waals surface area contributed by atoms with Crippen LogP contribution in [0, 0.1) is 5.92 Å². The summed E-state index contributed by atoms with van der Waals surface area (Å²) < 4.78 is 11.3. The number of benzene rings is 1. The summed E-state index contributed by atoms with van der Waals surface area (Å²) in [5, 5.41) is 3.63. The average molecular weight is 370 g/mol. The molecule has 0 amide bonds.